The lowest BCUT2D eigenvalue weighted by Crippen LogP contribution is -2.53. The first-order valence-corrected chi connectivity index (χ1v) is 10.7. The van der Waals surface area contributed by atoms with Gasteiger partial charge >= 0.3 is 5.97 Å². The van der Waals surface area contributed by atoms with Crippen LogP contribution in [0, 0.1) is 34.5 Å². The average Bonchev–Trinajstić information content (AvgIpc) is 2.91. The number of carbonyl (C=O) groups is 1. The lowest BCUT2D eigenvalue weighted by atomic mass is 9.45. The first-order chi connectivity index (χ1) is 11.5. The molecular weight excluding hydrogens is 296 g/mol. The molecule has 0 heterocycles. The SMILES string of the molecule is CCC(=O)O[C@@H]1CC[C@H]2[C@@H]3CC[C@H]4CCCC[C@]4(C)[C@H]3CC[C@]12C. The molecule has 2 heteroatoms. The van der Waals surface area contributed by atoms with Gasteiger partial charge < -0.3 is 4.74 Å². The molecule has 0 bridgehead atoms. The zero-order valence-corrected chi connectivity index (χ0v) is 16.0. The summed E-state index contributed by atoms with van der Waals surface area (Å²) in [7, 11) is 0. The molecule has 0 radical (unpaired) electrons. The van der Waals surface area contributed by atoms with E-state index in [0.29, 0.717) is 11.8 Å². The van der Waals surface area contributed by atoms with E-state index < -0.39 is 0 Å². The van der Waals surface area contributed by atoms with Crippen LogP contribution in [0.5, 0.6) is 0 Å². The van der Waals surface area contributed by atoms with Crippen LogP contribution in [0.3, 0.4) is 0 Å². The van der Waals surface area contributed by atoms with E-state index in [4.69, 9.17) is 4.74 Å². The van der Waals surface area contributed by atoms with Crippen LogP contribution >= 0.6 is 0 Å². The molecule has 0 aromatic rings. The number of carbonyl (C=O) groups excluding carboxylic acids is 1. The number of fused-ring (bicyclic) bond motifs is 5. The molecule has 0 unspecified atom stereocenters. The Balaban J connectivity index is 1.56. The quantitative estimate of drug-likeness (QED) is 0.603. The van der Waals surface area contributed by atoms with Crippen molar-refractivity contribution in [1.82, 2.24) is 0 Å². The second kappa shape index (κ2) is 6.02. The van der Waals surface area contributed by atoms with Crippen molar-refractivity contribution in [2.75, 3.05) is 0 Å². The molecule has 0 aliphatic heterocycles. The standard InChI is InChI=1S/C22H36O2/c1-4-20(23)24-19-11-10-17-16-9-8-15-7-5-6-13-21(15,2)18(16)12-14-22(17,19)3/h15-19H,4-14H2,1-3H3/t15-,16+,17+,18+,19-,21+,22+/m1/s1. The van der Waals surface area contributed by atoms with Gasteiger partial charge in [0.05, 0.1) is 0 Å². The van der Waals surface area contributed by atoms with Crippen LogP contribution in [0.2, 0.25) is 0 Å². The molecule has 0 N–H and O–H groups in total. The van der Waals surface area contributed by atoms with Gasteiger partial charge in [0, 0.05) is 11.8 Å². The van der Waals surface area contributed by atoms with E-state index in [-0.39, 0.29) is 17.5 Å². The van der Waals surface area contributed by atoms with E-state index in [9.17, 15) is 4.79 Å². The minimum atomic E-state index is 0.00643. The van der Waals surface area contributed by atoms with Gasteiger partial charge in [0.1, 0.15) is 6.10 Å². The molecule has 7 atom stereocenters. The number of ether oxygens (including phenoxy) is 1. The highest BCUT2D eigenvalue weighted by molar-refractivity contribution is 5.69. The van der Waals surface area contributed by atoms with Crippen LogP contribution < -0.4 is 0 Å². The van der Waals surface area contributed by atoms with E-state index in [0.717, 1.165) is 30.1 Å². The third-order valence-electron chi connectivity index (χ3n) is 9.06. The molecule has 0 spiro atoms. The van der Waals surface area contributed by atoms with Gasteiger partial charge in [-0.15, -0.1) is 0 Å². The summed E-state index contributed by atoms with van der Waals surface area (Å²) in [5, 5.41) is 0. The Labute approximate surface area is 148 Å². The van der Waals surface area contributed by atoms with Crippen molar-refractivity contribution in [3.05, 3.63) is 0 Å². The molecule has 4 rings (SSSR count). The average molecular weight is 333 g/mol. The summed E-state index contributed by atoms with van der Waals surface area (Å²) in [6.45, 7) is 7.00. The predicted molar refractivity (Wildman–Crippen MR) is 96.5 cm³/mol. The van der Waals surface area contributed by atoms with Crippen molar-refractivity contribution in [3.8, 4) is 0 Å². The highest BCUT2D eigenvalue weighted by Crippen LogP contribution is 2.66. The maximum atomic E-state index is 11.9. The van der Waals surface area contributed by atoms with Crippen LogP contribution in [0.15, 0.2) is 0 Å². The summed E-state index contributed by atoms with van der Waals surface area (Å²) < 4.78 is 5.91. The van der Waals surface area contributed by atoms with Gasteiger partial charge in [-0.05, 0) is 80.5 Å². The number of hydrogen-bond donors (Lipinski definition) is 0. The zero-order valence-electron chi connectivity index (χ0n) is 16.0. The molecule has 4 aliphatic carbocycles. The minimum Gasteiger partial charge on any atom is -0.462 e. The van der Waals surface area contributed by atoms with Gasteiger partial charge in [-0.25, -0.2) is 0 Å². The van der Waals surface area contributed by atoms with Crippen molar-refractivity contribution >= 4 is 5.97 Å². The van der Waals surface area contributed by atoms with Crippen LogP contribution in [0.25, 0.3) is 0 Å². The molecule has 0 aromatic heterocycles. The van der Waals surface area contributed by atoms with Gasteiger partial charge in [0.2, 0.25) is 0 Å². The van der Waals surface area contributed by atoms with Crippen LogP contribution in [0.4, 0.5) is 0 Å². The molecule has 0 amide bonds. The number of esters is 1. The highest BCUT2D eigenvalue weighted by atomic mass is 16.5. The van der Waals surface area contributed by atoms with Crippen molar-refractivity contribution < 1.29 is 9.53 Å². The van der Waals surface area contributed by atoms with Gasteiger partial charge in [0.15, 0.2) is 0 Å². The number of hydrogen-bond acceptors (Lipinski definition) is 2. The summed E-state index contributed by atoms with van der Waals surface area (Å²) in [6, 6.07) is 0. The van der Waals surface area contributed by atoms with Crippen molar-refractivity contribution in [2.24, 2.45) is 34.5 Å². The molecule has 0 aromatic carbocycles. The molecule has 4 fully saturated rings. The summed E-state index contributed by atoms with van der Waals surface area (Å²) in [4.78, 5) is 11.9. The summed E-state index contributed by atoms with van der Waals surface area (Å²) in [6.07, 6.45) is 14.5. The fourth-order valence-electron chi connectivity index (χ4n) is 7.68. The van der Waals surface area contributed by atoms with Crippen molar-refractivity contribution in [1.29, 1.82) is 0 Å². The minimum absolute atomic E-state index is 0.00643. The molecule has 136 valence electrons. The Hall–Kier alpha value is -0.530. The molecule has 4 saturated carbocycles. The van der Waals surface area contributed by atoms with E-state index in [1.807, 2.05) is 6.92 Å². The molecule has 24 heavy (non-hydrogen) atoms. The molecule has 2 nitrogen and oxygen atoms in total. The summed E-state index contributed by atoms with van der Waals surface area (Å²) >= 11 is 0. The third-order valence-corrected chi connectivity index (χ3v) is 9.06. The van der Waals surface area contributed by atoms with Crippen LogP contribution in [-0.2, 0) is 9.53 Å². The van der Waals surface area contributed by atoms with Gasteiger partial charge in [0.25, 0.3) is 0 Å². The third kappa shape index (κ3) is 2.38. The Morgan fingerprint density at radius 2 is 1.71 bits per heavy atom. The maximum absolute atomic E-state index is 11.9. The topological polar surface area (TPSA) is 26.3 Å². The first kappa shape index (κ1) is 16.9. The molecule has 4 aliphatic rings. The maximum Gasteiger partial charge on any atom is 0.305 e. The van der Waals surface area contributed by atoms with Gasteiger partial charge in [-0.1, -0.05) is 33.6 Å². The second-order valence-corrected chi connectivity index (χ2v) is 9.86. The van der Waals surface area contributed by atoms with Crippen molar-refractivity contribution in [2.45, 2.75) is 97.5 Å². The second-order valence-electron chi connectivity index (χ2n) is 9.86. The Bertz CT molecular complexity index is 500. The summed E-state index contributed by atoms with van der Waals surface area (Å²) in [5.74, 6) is 3.63. The van der Waals surface area contributed by atoms with E-state index in [2.05, 4.69) is 13.8 Å². The Morgan fingerprint density at radius 1 is 0.917 bits per heavy atom. The van der Waals surface area contributed by atoms with E-state index in [1.165, 1.54) is 57.8 Å². The van der Waals surface area contributed by atoms with Crippen molar-refractivity contribution in [3.63, 3.8) is 0 Å². The summed E-state index contributed by atoms with van der Waals surface area (Å²) in [5.41, 5.74) is 0.866. The highest BCUT2D eigenvalue weighted by Gasteiger charge is 2.60. The zero-order chi connectivity index (χ0) is 16.9. The fourth-order valence-corrected chi connectivity index (χ4v) is 7.68. The number of rotatable bonds is 2. The van der Waals surface area contributed by atoms with Gasteiger partial charge in [-0.3, -0.25) is 4.79 Å². The first-order valence-electron chi connectivity index (χ1n) is 10.7. The van der Waals surface area contributed by atoms with E-state index in [1.54, 1.807) is 0 Å². The predicted octanol–water partition coefficient (Wildman–Crippen LogP) is 5.74. The normalized spacial score (nSPS) is 50.5. The smallest absolute Gasteiger partial charge is 0.305 e. The molecular formula is C22H36O2. The Morgan fingerprint density at radius 3 is 2.50 bits per heavy atom. The monoisotopic (exact) mass is 332 g/mol. The van der Waals surface area contributed by atoms with Gasteiger partial charge in [-0.2, -0.15) is 0 Å². The molecule has 0 saturated heterocycles. The van der Waals surface area contributed by atoms with E-state index >= 15 is 0 Å². The lowest BCUT2D eigenvalue weighted by molar-refractivity contribution is -0.163. The van der Waals surface area contributed by atoms with Crippen LogP contribution in [-0.4, -0.2) is 12.1 Å². The van der Waals surface area contributed by atoms with Crippen LogP contribution in [0.1, 0.15) is 91.4 Å². The largest absolute Gasteiger partial charge is 0.462 e. The lowest BCUT2D eigenvalue weighted by Gasteiger charge is -2.60. The Kier molecular flexibility index (Phi) is 4.24. The fraction of sp³-hybridized carbons (Fsp3) is 0.955.